The van der Waals surface area contributed by atoms with Crippen LogP contribution in [0.25, 0.3) is 0 Å². The van der Waals surface area contributed by atoms with Crippen LogP contribution in [0.2, 0.25) is 0 Å². The maximum atomic E-state index is 3.91. The monoisotopic (exact) mass is 1020 g/mol. The van der Waals surface area contributed by atoms with Crippen molar-refractivity contribution < 1.29 is 0 Å². The number of benzene rings is 2. The van der Waals surface area contributed by atoms with Crippen LogP contribution >= 0.6 is 159 Å². The molecule has 2 aromatic carbocycles. The van der Waals surface area contributed by atoms with E-state index < -0.39 is 16.2 Å². The molecule has 0 spiro atoms. The van der Waals surface area contributed by atoms with Crippen LogP contribution in [-0.2, 0) is 6.47 Å². The van der Waals surface area contributed by atoms with Gasteiger partial charge in [-0.3, -0.25) is 0 Å². The van der Waals surface area contributed by atoms with E-state index in [-0.39, 0.29) is 0 Å². The van der Waals surface area contributed by atoms with E-state index in [9.17, 15) is 0 Å². The van der Waals surface area contributed by atoms with Crippen molar-refractivity contribution in [2.75, 3.05) is 0 Å². The van der Waals surface area contributed by atoms with Gasteiger partial charge in [0.2, 0.25) is 0 Å². The van der Waals surface area contributed by atoms with E-state index >= 15 is 0 Å². The van der Waals surface area contributed by atoms with Gasteiger partial charge in [-0.15, -0.1) is 0 Å². The Morgan fingerprint density at radius 3 is 1.21 bits per heavy atom. The van der Waals surface area contributed by atoms with E-state index in [0.717, 1.165) is 11.1 Å². The van der Waals surface area contributed by atoms with Crippen LogP contribution in [0, 0.1) is 6.92 Å². The van der Waals surface area contributed by atoms with E-state index in [1.807, 2.05) is 30.3 Å². The molecule has 10 heteroatoms. The molecule has 0 fully saturated rings. The second-order valence-corrected chi connectivity index (χ2v) is 23.3. The van der Waals surface area contributed by atoms with Gasteiger partial charge in [-0.25, -0.2) is 0 Å². The molecule has 2 aromatic rings. The van der Waals surface area contributed by atoms with Crippen molar-refractivity contribution in [2.24, 2.45) is 0 Å². The normalized spacial score (nSPS) is 14.2. The standard InChI is InChI=1S/C18H12Br10/c1-11-7-9-13(10-8-11)15(21,22)17(25,26)18(27,28)16(23,24)14(19,20)12-5-3-2-4-6-12/h2-10H,1H3. The van der Waals surface area contributed by atoms with E-state index in [0.29, 0.717) is 0 Å². The summed E-state index contributed by atoms with van der Waals surface area (Å²) in [5.74, 6) is 0. The first kappa shape index (κ1) is 27.5. The predicted molar refractivity (Wildman–Crippen MR) is 158 cm³/mol. The van der Waals surface area contributed by atoms with Crippen LogP contribution in [0.5, 0.6) is 0 Å². The Morgan fingerprint density at radius 2 is 0.821 bits per heavy atom. The summed E-state index contributed by atoms with van der Waals surface area (Å²) in [7, 11) is 0. The van der Waals surface area contributed by atoms with Gasteiger partial charge in [0, 0.05) is 0 Å². The molecule has 0 aromatic heterocycles. The SMILES string of the molecule is Cc1ccc(C(Br)(Br)C(Br)(Br)C(Br)(Br)C(Br)(Br)C(Br)(Br)c2ccccc2)cc1. The lowest BCUT2D eigenvalue weighted by atomic mass is 10.0. The molecule has 0 unspecified atom stereocenters. The summed E-state index contributed by atoms with van der Waals surface area (Å²) < 4.78 is -3.83. The number of hydrogen-bond acceptors (Lipinski definition) is 0. The Hall–Kier alpha value is 3.24. The van der Waals surface area contributed by atoms with Gasteiger partial charge < -0.3 is 0 Å². The number of rotatable bonds is 6. The topological polar surface area (TPSA) is 0 Å². The lowest BCUT2D eigenvalue weighted by molar-refractivity contribution is 0.631. The molecule has 0 saturated heterocycles. The van der Waals surface area contributed by atoms with E-state index in [2.05, 4.69) is 190 Å². The average Bonchev–Trinajstić information content (AvgIpc) is 2.62. The minimum atomic E-state index is -0.833. The van der Waals surface area contributed by atoms with Crippen molar-refractivity contribution in [3.05, 3.63) is 71.3 Å². The Morgan fingerprint density at radius 1 is 0.464 bits per heavy atom. The highest BCUT2D eigenvalue weighted by Gasteiger charge is 2.70. The third kappa shape index (κ3) is 4.86. The van der Waals surface area contributed by atoms with Crippen molar-refractivity contribution in [2.45, 2.75) is 23.1 Å². The van der Waals surface area contributed by atoms with Crippen LogP contribution in [0.15, 0.2) is 54.6 Å². The summed E-state index contributed by atoms with van der Waals surface area (Å²) >= 11 is 38.9. The first-order chi connectivity index (χ1) is 12.6. The summed E-state index contributed by atoms with van der Waals surface area (Å²) in [6.07, 6.45) is 0. The van der Waals surface area contributed by atoms with Crippen LogP contribution < -0.4 is 0 Å². The molecule has 0 N–H and O–H groups in total. The molecular weight excluding hydrogens is 1020 g/mol. The quantitative estimate of drug-likeness (QED) is 0.253. The molecule has 28 heavy (non-hydrogen) atoms. The van der Waals surface area contributed by atoms with Gasteiger partial charge in [0.15, 0.2) is 0 Å². The van der Waals surface area contributed by atoms with Gasteiger partial charge in [-0.1, -0.05) is 219 Å². The van der Waals surface area contributed by atoms with Crippen LogP contribution in [0.3, 0.4) is 0 Å². The van der Waals surface area contributed by atoms with Gasteiger partial charge in [0.25, 0.3) is 0 Å². The average molecular weight is 1030 g/mol. The number of aryl methyl sites for hydroxylation is 1. The molecule has 154 valence electrons. The fourth-order valence-electron chi connectivity index (χ4n) is 2.36. The van der Waals surface area contributed by atoms with Gasteiger partial charge in [0.05, 0.1) is 0 Å². The third-order valence-electron chi connectivity index (χ3n) is 4.13. The fourth-order valence-corrected chi connectivity index (χ4v) is 11.1. The summed E-state index contributed by atoms with van der Waals surface area (Å²) in [6, 6.07) is 18.3. The van der Waals surface area contributed by atoms with Crippen molar-refractivity contribution >= 4 is 159 Å². The molecular formula is C18H12Br10. The smallest absolute Gasteiger partial charge is 0.0675 e. The van der Waals surface area contributed by atoms with Crippen molar-refractivity contribution in [3.63, 3.8) is 0 Å². The number of alkyl halides is 10. The minimum Gasteiger partial charge on any atom is -0.0675 e. The zero-order chi connectivity index (χ0) is 21.6. The Bertz CT molecular complexity index is 810. The van der Waals surface area contributed by atoms with Gasteiger partial charge in [-0.05, 0) is 18.1 Å². The van der Waals surface area contributed by atoms with Crippen LogP contribution in [0.1, 0.15) is 16.7 Å². The highest BCUT2D eigenvalue weighted by atomic mass is 79.9. The molecule has 0 radical (unpaired) electrons. The summed E-state index contributed by atoms with van der Waals surface area (Å²) in [5.41, 5.74) is 3.24. The Balaban J connectivity index is 2.57. The van der Waals surface area contributed by atoms with Crippen molar-refractivity contribution in [3.8, 4) is 0 Å². The number of halogens is 10. The first-order valence-corrected chi connectivity index (χ1v) is 15.6. The molecule has 0 heterocycles. The fraction of sp³-hybridized carbons (Fsp3) is 0.333. The predicted octanol–water partition coefficient (Wildman–Crippen LogP) is 11.0. The second kappa shape index (κ2) is 9.85. The molecule has 0 atom stereocenters. The van der Waals surface area contributed by atoms with Crippen LogP contribution in [0.4, 0.5) is 0 Å². The molecule has 0 aliphatic heterocycles. The summed E-state index contributed by atoms with van der Waals surface area (Å²) in [6.45, 7) is 2.06. The van der Waals surface area contributed by atoms with Crippen molar-refractivity contribution in [1.29, 1.82) is 0 Å². The maximum absolute atomic E-state index is 3.91. The summed E-state index contributed by atoms with van der Waals surface area (Å²) in [4.78, 5) is 0. The Kier molecular flexibility index (Phi) is 9.67. The lowest BCUT2D eigenvalue weighted by Crippen LogP contribution is -2.59. The maximum Gasteiger partial charge on any atom is 0.137 e. The molecule has 0 amide bonds. The second-order valence-electron chi connectivity index (χ2n) is 6.10. The number of hydrogen-bond donors (Lipinski definition) is 0. The first-order valence-electron chi connectivity index (χ1n) is 7.62. The van der Waals surface area contributed by atoms with E-state index in [1.165, 1.54) is 5.56 Å². The van der Waals surface area contributed by atoms with Crippen LogP contribution in [-0.4, -0.2) is 9.70 Å². The van der Waals surface area contributed by atoms with E-state index in [1.54, 1.807) is 0 Å². The van der Waals surface area contributed by atoms with E-state index in [4.69, 9.17) is 0 Å². The highest BCUT2D eigenvalue weighted by molar-refractivity contribution is 9.35. The zero-order valence-corrected chi connectivity index (χ0v) is 29.8. The molecule has 0 aliphatic rings. The highest BCUT2D eigenvalue weighted by Crippen LogP contribution is 2.74. The largest absolute Gasteiger partial charge is 0.137 e. The lowest BCUT2D eigenvalue weighted by Gasteiger charge is -2.52. The van der Waals surface area contributed by atoms with Gasteiger partial charge in [0.1, 0.15) is 16.2 Å². The molecule has 0 saturated carbocycles. The van der Waals surface area contributed by atoms with Gasteiger partial charge >= 0.3 is 0 Å². The zero-order valence-electron chi connectivity index (χ0n) is 14.0. The molecule has 2 rings (SSSR count). The third-order valence-corrected chi connectivity index (χ3v) is 24.0. The van der Waals surface area contributed by atoms with Gasteiger partial charge in [-0.2, -0.15) is 0 Å². The van der Waals surface area contributed by atoms with Crippen molar-refractivity contribution in [1.82, 2.24) is 0 Å². The Labute approximate surface area is 249 Å². The summed E-state index contributed by atoms with van der Waals surface area (Å²) in [5, 5.41) is 0. The minimum absolute atomic E-state index is 0.697. The molecule has 0 nitrogen and oxygen atoms in total. The molecule has 0 bridgehead atoms. The molecule has 0 aliphatic carbocycles.